The van der Waals surface area contributed by atoms with Gasteiger partial charge in [-0.25, -0.2) is 9.18 Å². The molecule has 1 unspecified atom stereocenters. The second-order valence-corrected chi connectivity index (χ2v) is 5.98. The van der Waals surface area contributed by atoms with Crippen LogP contribution in [0.2, 0.25) is 0 Å². The minimum absolute atomic E-state index is 0.0833. The van der Waals surface area contributed by atoms with Crippen molar-refractivity contribution >= 4 is 6.09 Å². The molecule has 1 rings (SSSR count). The SMILES string of the molecule is CC(C)(C)OC(=O)N1CCC(C(C)(C)F)C1. The van der Waals surface area contributed by atoms with Gasteiger partial charge in [-0.05, 0) is 41.0 Å². The number of alkyl halides is 1. The highest BCUT2D eigenvalue weighted by Gasteiger charge is 2.38. The van der Waals surface area contributed by atoms with E-state index in [0.717, 1.165) is 0 Å². The molecule has 1 aliphatic heterocycles. The number of hydrogen-bond donors (Lipinski definition) is 0. The largest absolute Gasteiger partial charge is 0.444 e. The first-order valence-corrected chi connectivity index (χ1v) is 5.76. The zero-order valence-electron chi connectivity index (χ0n) is 10.8. The summed E-state index contributed by atoms with van der Waals surface area (Å²) in [7, 11) is 0. The Morgan fingerprint density at radius 3 is 2.25 bits per heavy atom. The Hall–Kier alpha value is -0.800. The minimum Gasteiger partial charge on any atom is -0.444 e. The number of hydrogen-bond acceptors (Lipinski definition) is 2. The van der Waals surface area contributed by atoms with Crippen LogP contribution in [0.1, 0.15) is 41.0 Å². The number of nitrogens with zero attached hydrogens (tertiary/aromatic N) is 1. The maximum absolute atomic E-state index is 13.7. The Morgan fingerprint density at radius 2 is 1.88 bits per heavy atom. The molecule has 0 radical (unpaired) electrons. The molecule has 0 saturated carbocycles. The topological polar surface area (TPSA) is 29.5 Å². The van der Waals surface area contributed by atoms with Crippen LogP contribution < -0.4 is 0 Å². The van der Waals surface area contributed by atoms with Gasteiger partial charge in [0.25, 0.3) is 0 Å². The third-order valence-electron chi connectivity index (χ3n) is 2.81. The van der Waals surface area contributed by atoms with E-state index in [-0.39, 0.29) is 12.0 Å². The third kappa shape index (κ3) is 3.65. The molecule has 16 heavy (non-hydrogen) atoms. The molecule has 1 saturated heterocycles. The Kier molecular flexibility index (Phi) is 3.50. The van der Waals surface area contributed by atoms with Crippen LogP contribution in [0, 0.1) is 5.92 Å². The van der Waals surface area contributed by atoms with E-state index in [1.165, 1.54) is 0 Å². The normalized spacial score (nSPS) is 22.4. The van der Waals surface area contributed by atoms with Gasteiger partial charge in [0.1, 0.15) is 11.3 Å². The van der Waals surface area contributed by atoms with Crippen molar-refractivity contribution in [3.63, 3.8) is 0 Å². The second kappa shape index (κ2) is 4.22. The fourth-order valence-corrected chi connectivity index (χ4v) is 1.81. The summed E-state index contributed by atoms with van der Waals surface area (Å²) in [5.74, 6) is -0.0833. The van der Waals surface area contributed by atoms with Crippen molar-refractivity contribution in [2.45, 2.75) is 52.3 Å². The average Bonchev–Trinajstić information content (AvgIpc) is 2.46. The van der Waals surface area contributed by atoms with Crippen LogP contribution in [0.15, 0.2) is 0 Å². The predicted octanol–water partition coefficient (Wildman–Crippen LogP) is 2.99. The lowest BCUT2D eigenvalue weighted by molar-refractivity contribution is 0.0268. The van der Waals surface area contributed by atoms with E-state index in [1.807, 2.05) is 20.8 Å². The molecule has 4 heteroatoms. The van der Waals surface area contributed by atoms with Crippen molar-refractivity contribution in [3.8, 4) is 0 Å². The van der Waals surface area contributed by atoms with E-state index in [0.29, 0.717) is 19.5 Å². The third-order valence-corrected chi connectivity index (χ3v) is 2.81. The lowest BCUT2D eigenvalue weighted by Crippen LogP contribution is -2.37. The van der Waals surface area contributed by atoms with Crippen LogP contribution in [0.5, 0.6) is 0 Å². The zero-order chi connectivity index (χ0) is 12.6. The van der Waals surface area contributed by atoms with Crippen molar-refractivity contribution in [2.24, 2.45) is 5.92 Å². The van der Waals surface area contributed by atoms with Gasteiger partial charge in [-0.1, -0.05) is 0 Å². The van der Waals surface area contributed by atoms with E-state index < -0.39 is 11.3 Å². The van der Waals surface area contributed by atoms with E-state index in [9.17, 15) is 9.18 Å². The minimum atomic E-state index is -1.23. The summed E-state index contributed by atoms with van der Waals surface area (Å²) in [5.41, 5.74) is -1.71. The molecule has 1 aliphatic rings. The highest BCUT2D eigenvalue weighted by Crippen LogP contribution is 2.30. The predicted molar refractivity (Wildman–Crippen MR) is 61.1 cm³/mol. The molecule has 0 aromatic carbocycles. The van der Waals surface area contributed by atoms with Crippen LogP contribution in [-0.2, 0) is 4.74 Å². The first-order valence-electron chi connectivity index (χ1n) is 5.76. The lowest BCUT2D eigenvalue weighted by Gasteiger charge is -2.26. The maximum atomic E-state index is 13.7. The molecule has 1 fully saturated rings. The Balaban J connectivity index is 2.51. The zero-order valence-corrected chi connectivity index (χ0v) is 10.8. The number of likely N-dealkylation sites (tertiary alicyclic amines) is 1. The quantitative estimate of drug-likeness (QED) is 0.694. The number of halogens is 1. The van der Waals surface area contributed by atoms with Crippen molar-refractivity contribution in [1.29, 1.82) is 0 Å². The highest BCUT2D eigenvalue weighted by molar-refractivity contribution is 5.68. The summed E-state index contributed by atoms with van der Waals surface area (Å²) in [4.78, 5) is 13.3. The van der Waals surface area contributed by atoms with Gasteiger partial charge in [-0.2, -0.15) is 0 Å². The number of ether oxygens (including phenoxy) is 1. The second-order valence-electron chi connectivity index (χ2n) is 5.98. The molecule has 0 aromatic heterocycles. The van der Waals surface area contributed by atoms with Crippen molar-refractivity contribution in [2.75, 3.05) is 13.1 Å². The van der Waals surface area contributed by atoms with Gasteiger partial charge >= 0.3 is 6.09 Å². The van der Waals surface area contributed by atoms with E-state index in [1.54, 1.807) is 18.7 Å². The first-order chi connectivity index (χ1) is 7.09. The standard InChI is InChI=1S/C12H22FNO2/c1-11(2,3)16-10(15)14-7-6-9(8-14)12(4,5)13/h9H,6-8H2,1-5H3. The van der Waals surface area contributed by atoms with Gasteiger partial charge < -0.3 is 9.64 Å². The molecule has 1 heterocycles. The van der Waals surface area contributed by atoms with Gasteiger partial charge in [-0.3, -0.25) is 0 Å². The molecule has 94 valence electrons. The number of amides is 1. The monoisotopic (exact) mass is 231 g/mol. The Bertz CT molecular complexity index is 265. The fraction of sp³-hybridized carbons (Fsp3) is 0.917. The van der Waals surface area contributed by atoms with Crippen LogP contribution in [0.25, 0.3) is 0 Å². The molecular formula is C12H22FNO2. The molecule has 3 nitrogen and oxygen atoms in total. The van der Waals surface area contributed by atoms with Crippen LogP contribution in [-0.4, -0.2) is 35.4 Å². The van der Waals surface area contributed by atoms with Crippen molar-refractivity contribution < 1.29 is 13.9 Å². The van der Waals surface area contributed by atoms with Crippen LogP contribution in [0.4, 0.5) is 9.18 Å². The number of carbonyl (C=O) groups is 1. The maximum Gasteiger partial charge on any atom is 0.410 e. The summed E-state index contributed by atoms with van der Waals surface area (Å²) < 4.78 is 18.9. The smallest absolute Gasteiger partial charge is 0.410 e. The summed E-state index contributed by atoms with van der Waals surface area (Å²) >= 11 is 0. The lowest BCUT2D eigenvalue weighted by atomic mass is 9.92. The fourth-order valence-electron chi connectivity index (χ4n) is 1.81. The summed E-state index contributed by atoms with van der Waals surface area (Å²) in [5, 5.41) is 0. The van der Waals surface area contributed by atoms with Crippen LogP contribution >= 0.6 is 0 Å². The highest BCUT2D eigenvalue weighted by atomic mass is 19.1. The summed E-state index contributed by atoms with van der Waals surface area (Å²) in [6, 6.07) is 0. The summed E-state index contributed by atoms with van der Waals surface area (Å²) in [6.07, 6.45) is 0.377. The van der Waals surface area contributed by atoms with Gasteiger partial charge in [0.2, 0.25) is 0 Å². The van der Waals surface area contributed by atoms with Crippen molar-refractivity contribution in [3.05, 3.63) is 0 Å². The molecule has 0 bridgehead atoms. The van der Waals surface area contributed by atoms with E-state index in [2.05, 4.69) is 0 Å². The van der Waals surface area contributed by atoms with E-state index >= 15 is 0 Å². The van der Waals surface area contributed by atoms with E-state index in [4.69, 9.17) is 4.74 Å². The molecule has 0 aliphatic carbocycles. The number of carbonyl (C=O) groups excluding carboxylic acids is 1. The first kappa shape index (κ1) is 13.3. The molecular weight excluding hydrogens is 209 g/mol. The molecule has 0 spiro atoms. The van der Waals surface area contributed by atoms with Crippen LogP contribution in [0.3, 0.4) is 0 Å². The van der Waals surface area contributed by atoms with Gasteiger partial charge in [0.05, 0.1) is 0 Å². The average molecular weight is 231 g/mol. The Labute approximate surface area is 96.9 Å². The number of rotatable bonds is 1. The van der Waals surface area contributed by atoms with Crippen molar-refractivity contribution in [1.82, 2.24) is 4.90 Å². The van der Waals surface area contributed by atoms with Gasteiger partial charge in [0.15, 0.2) is 0 Å². The molecule has 0 aromatic rings. The van der Waals surface area contributed by atoms with Gasteiger partial charge in [0, 0.05) is 19.0 Å². The molecule has 1 atom stereocenters. The summed E-state index contributed by atoms with van der Waals surface area (Å²) in [6.45, 7) is 9.67. The molecule has 1 amide bonds. The Morgan fingerprint density at radius 1 is 1.31 bits per heavy atom. The van der Waals surface area contributed by atoms with Gasteiger partial charge in [-0.15, -0.1) is 0 Å². The molecule has 0 N–H and O–H groups in total.